The molecule has 7 nitrogen and oxygen atoms in total. The van der Waals surface area contributed by atoms with E-state index in [1.807, 2.05) is 22.6 Å². The summed E-state index contributed by atoms with van der Waals surface area (Å²) in [6.07, 6.45) is 4.31. The Morgan fingerprint density at radius 1 is 1.37 bits per heavy atom. The number of anilines is 1. The van der Waals surface area contributed by atoms with Gasteiger partial charge in [-0.25, -0.2) is 4.98 Å². The Morgan fingerprint density at radius 3 is 2.79 bits per heavy atom. The number of hydrogen-bond donors (Lipinski definition) is 1. The van der Waals surface area contributed by atoms with E-state index in [0.717, 1.165) is 0 Å². The fraction of sp³-hybridized carbons (Fsp3) is 0. The summed E-state index contributed by atoms with van der Waals surface area (Å²) in [5.74, 6) is -0.177. The molecule has 1 N–H and O–H groups in total. The molecule has 8 heteroatoms. The van der Waals surface area contributed by atoms with Gasteiger partial charge < -0.3 is 5.32 Å². The zero-order valence-corrected chi connectivity index (χ0v) is 11.6. The quantitative estimate of drug-likeness (QED) is 0.508. The minimum atomic E-state index is -0.546. The Labute approximate surface area is 121 Å². The van der Waals surface area contributed by atoms with E-state index in [9.17, 15) is 14.9 Å². The number of carbonyl (C=O) groups is 1. The minimum Gasteiger partial charge on any atom is -0.305 e. The zero-order valence-electron chi connectivity index (χ0n) is 9.41. The number of benzene rings is 1. The number of amides is 1. The number of nitrogens with zero attached hydrogens (tertiary/aromatic N) is 3. The van der Waals surface area contributed by atoms with Crippen molar-refractivity contribution in [2.75, 3.05) is 5.32 Å². The number of rotatable bonds is 3. The SMILES string of the molecule is O=C(Nc1cnccn1)c1cc([N+](=O)[O-])ccc1I. The standard InChI is InChI=1S/C11H7IN4O3/c12-9-2-1-7(16(18)19)5-8(9)11(17)15-10-6-13-3-4-14-10/h1-6H,(H,14,15,17). The van der Waals surface area contributed by atoms with Crippen molar-refractivity contribution in [2.45, 2.75) is 0 Å². The second kappa shape index (κ2) is 5.69. The highest BCUT2D eigenvalue weighted by molar-refractivity contribution is 14.1. The molecule has 0 atom stereocenters. The molecule has 1 aromatic heterocycles. The van der Waals surface area contributed by atoms with Crippen LogP contribution in [0.5, 0.6) is 0 Å². The Balaban J connectivity index is 2.28. The summed E-state index contributed by atoms with van der Waals surface area (Å²) < 4.78 is 0.615. The molecule has 1 amide bonds. The van der Waals surface area contributed by atoms with Crippen molar-refractivity contribution in [3.05, 3.63) is 56.0 Å². The molecule has 0 radical (unpaired) electrons. The van der Waals surface area contributed by atoms with E-state index in [1.54, 1.807) is 0 Å². The fourth-order valence-corrected chi connectivity index (χ4v) is 1.93. The van der Waals surface area contributed by atoms with E-state index in [4.69, 9.17) is 0 Å². The lowest BCUT2D eigenvalue weighted by Gasteiger charge is -2.05. The molecule has 0 aliphatic carbocycles. The number of nitro groups is 1. The lowest BCUT2D eigenvalue weighted by Crippen LogP contribution is -2.14. The Kier molecular flexibility index (Phi) is 4.00. The first-order valence-electron chi connectivity index (χ1n) is 5.09. The van der Waals surface area contributed by atoms with Gasteiger partial charge in [0, 0.05) is 28.1 Å². The molecule has 0 bridgehead atoms. The molecule has 0 fully saturated rings. The van der Waals surface area contributed by atoms with Gasteiger partial charge in [0.25, 0.3) is 11.6 Å². The lowest BCUT2D eigenvalue weighted by atomic mass is 10.2. The molecule has 0 aliphatic rings. The van der Waals surface area contributed by atoms with Crippen molar-refractivity contribution in [1.82, 2.24) is 9.97 Å². The van der Waals surface area contributed by atoms with Crippen molar-refractivity contribution in [1.29, 1.82) is 0 Å². The lowest BCUT2D eigenvalue weighted by molar-refractivity contribution is -0.384. The number of nitrogens with one attached hydrogen (secondary N) is 1. The van der Waals surface area contributed by atoms with Crippen LogP contribution in [-0.4, -0.2) is 20.8 Å². The normalized spacial score (nSPS) is 9.95. The maximum Gasteiger partial charge on any atom is 0.270 e. The van der Waals surface area contributed by atoms with E-state index in [0.29, 0.717) is 3.57 Å². The van der Waals surface area contributed by atoms with Crippen LogP contribution in [0.1, 0.15) is 10.4 Å². The Hall–Kier alpha value is -2.10. The van der Waals surface area contributed by atoms with Crippen LogP contribution in [0, 0.1) is 13.7 Å². The molecule has 0 unspecified atom stereocenters. The van der Waals surface area contributed by atoms with Gasteiger partial charge in [-0.1, -0.05) is 0 Å². The van der Waals surface area contributed by atoms with Crippen LogP contribution < -0.4 is 5.32 Å². The van der Waals surface area contributed by atoms with E-state index < -0.39 is 10.8 Å². The molecule has 2 rings (SSSR count). The number of halogens is 1. The van der Waals surface area contributed by atoms with Crippen LogP contribution in [0.25, 0.3) is 0 Å². The van der Waals surface area contributed by atoms with Crippen LogP contribution in [0.15, 0.2) is 36.8 Å². The third-order valence-electron chi connectivity index (χ3n) is 2.21. The maximum atomic E-state index is 12.0. The number of non-ortho nitro benzene ring substituents is 1. The van der Waals surface area contributed by atoms with Crippen molar-refractivity contribution < 1.29 is 9.72 Å². The first-order valence-corrected chi connectivity index (χ1v) is 6.17. The molecule has 0 aliphatic heterocycles. The first kappa shape index (κ1) is 13.3. The zero-order chi connectivity index (χ0) is 13.8. The molecular weight excluding hydrogens is 363 g/mol. The molecule has 96 valence electrons. The molecule has 0 saturated heterocycles. The van der Waals surface area contributed by atoms with Crippen molar-refractivity contribution in [2.24, 2.45) is 0 Å². The number of nitro benzene ring substituents is 1. The summed E-state index contributed by atoms with van der Waals surface area (Å²) >= 11 is 1.94. The Morgan fingerprint density at radius 2 is 2.16 bits per heavy atom. The van der Waals surface area contributed by atoms with Crippen LogP contribution in [0.4, 0.5) is 11.5 Å². The van der Waals surface area contributed by atoms with Crippen LogP contribution in [0.2, 0.25) is 0 Å². The molecular formula is C11H7IN4O3. The molecule has 2 aromatic rings. The average Bonchev–Trinajstić information content (AvgIpc) is 2.40. The second-order valence-corrected chi connectivity index (χ2v) is 4.63. The predicted octanol–water partition coefficient (Wildman–Crippen LogP) is 2.24. The van der Waals surface area contributed by atoms with Crippen molar-refractivity contribution in [3.63, 3.8) is 0 Å². The van der Waals surface area contributed by atoms with Gasteiger partial charge in [-0.15, -0.1) is 0 Å². The molecule has 1 heterocycles. The fourth-order valence-electron chi connectivity index (χ4n) is 1.35. The second-order valence-electron chi connectivity index (χ2n) is 3.47. The summed E-state index contributed by atoms with van der Waals surface area (Å²) in [7, 11) is 0. The van der Waals surface area contributed by atoms with Crippen LogP contribution in [0.3, 0.4) is 0 Å². The summed E-state index contributed by atoms with van der Waals surface area (Å²) in [6, 6.07) is 4.10. The van der Waals surface area contributed by atoms with Crippen LogP contribution in [-0.2, 0) is 0 Å². The molecule has 0 spiro atoms. The van der Waals surface area contributed by atoms with Gasteiger partial charge in [-0.2, -0.15) is 0 Å². The smallest absolute Gasteiger partial charge is 0.270 e. The summed E-state index contributed by atoms with van der Waals surface area (Å²) in [5, 5.41) is 13.2. The minimum absolute atomic E-state index is 0.135. The monoisotopic (exact) mass is 370 g/mol. The first-order chi connectivity index (χ1) is 9.08. The van der Waals surface area contributed by atoms with Gasteiger partial charge in [-0.05, 0) is 28.7 Å². The molecule has 19 heavy (non-hydrogen) atoms. The highest BCUT2D eigenvalue weighted by Crippen LogP contribution is 2.20. The third-order valence-corrected chi connectivity index (χ3v) is 3.15. The van der Waals surface area contributed by atoms with E-state index >= 15 is 0 Å². The topological polar surface area (TPSA) is 98.0 Å². The average molecular weight is 370 g/mol. The van der Waals surface area contributed by atoms with Gasteiger partial charge in [0.2, 0.25) is 0 Å². The van der Waals surface area contributed by atoms with Gasteiger partial charge >= 0.3 is 0 Å². The van der Waals surface area contributed by atoms with E-state index in [-0.39, 0.29) is 17.1 Å². The highest BCUT2D eigenvalue weighted by Gasteiger charge is 2.15. The summed E-state index contributed by atoms with van der Waals surface area (Å²) in [4.78, 5) is 29.9. The summed E-state index contributed by atoms with van der Waals surface area (Å²) in [5.41, 5.74) is 0.0881. The number of carbonyl (C=O) groups excluding carboxylic acids is 1. The number of aromatic nitrogens is 2. The molecule has 1 aromatic carbocycles. The molecule has 0 saturated carbocycles. The largest absolute Gasteiger partial charge is 0.305 e. The summed E-state index contributed by atoms with van der Waals surface area (Å²) in [6.45, 7) is 0. The van der Waals surface area contributed by atoms with Gasteiger partial charge in [-0.3, -0.25) is 19.9 Å². The van der Waals surface area contributed by atoms with E-state index in [2.05, 4.69) is 15.3 Å². The van der Waals surface area contributed by atoms with Gasteiger partial charge in [0.1, 0.15) is 0 Å². The van der Waals surface area contributed by atoms with Crippen molar-refractivity contribution in [3.8, 4) is 0 Å². The predicted molar refractivity (Wildman–Crippen MR) is 75.8 cm³/mol. The van der Waals surface area contributed by atoms with Gasteiger partial charge in [0.15, 0.2) is 5.82 Å². The van der Waals surface area contributed by atoms with Crippen LogP contribution >= 0.6 is 22.6 Å². The van der Waals surface area contributed by atoms with Gasteiger partial charge in [0.05, 0.1) is 16.7 Å². The van der Waals surface area contributed by atoms with E-state index in [1.165, 1.54) is 36.8 Å². The Bertz CT molecular complexity index is 633. The maximum absolute atomic E-state index is 12.0. The van der Waals surface area contributed by atoms with Crippen molar-refractivity contribution >= 4 is 40.0 Å². The highest BCUT2D eigenvalue weighted by atomic mass is 127. The third kappa shape index (κ3) is 3.22. The number of hydrogen-bond acceptors (Lipinski definition) is 5.